The van der Waals surface area contributed by atoms with Crippen LogP contribution in [0.1, 0.15) is 32.3 Å². The first-order valence-corrected chi connectivity index (χ1v) is 10.2. The highest BCUT2D eigenvalue weighted by molar-refractivity contribution is 5.84. The lowest BCUT2D eigenvalue weighted by Gasteiger charge is -2.35. The van der Waals surface area contributed by atoms with Crippen molar-refractivity contribution in [1.29, 1.82) is 0 Å². The minimum absolute atomic E-state index is 0.0367. The lowest BCUT2D eigenvalue weighted by atomic mass is 9.94. The van der Waals surface area contributed by atoms with Crippen molar-refractivity contribution in [3.8, 4) is 5.75 Å². The van der Waals surface area contributed by atoms with E-state index in [-0.39, 0.29) is 17.6 Å². The summed E-state index contributed by atoms with van der Waals surface area (Å²) in [6.07, 6.45) is 3.66. The van der Waals surface area contributed by atoms with Crippen LogP contribution in [0.15, 0.2) is 60.8 Å². The molecule has 1 atom stereocenters. The number of nitrogens with one attached hydrogen (secondary N) is 1. The fourth-order valence-electron chi connectivity index (χ4n) is 3.93. The van der Waals surface area contributed by atoms with Crippen LogP contribution < -0.4 is 10.1 Å². The summed E-state index contributed by atoms with van der Waals surface area (Å²) >= 11 is 0. The zero-order valence-electron chi connectivity index (χ0n) is 17.1. The van der Waals surface area contributed by atoms with Gasteiger partial charge in [0.25, 0.3) is 0 Å². The molecule has 1 aliphatic heterocycles. The largest absolute Gasteiger partial charge is 0.489 e. The van der Waals surface area contributed by atoms with Crippen LogP contribution in [-0.4, -0.2) is 28.7 Å². The van der Waals surface area contributed by atoms with E-state index >= 15 is 0 Å². The molecule has 1 fully saturated rings. The summed E-state index contributed by atoms with van der Waals surface area (Å²) in [6, 6.07) is 18.3. The van der Waals surface area contributed by atoms with Gasteiger partial charge in [-0.15, -0.1) is 0 Å². The number of rotatable bonds is 6. The Labute approximate surface area is 171 Å². The van der Waals surface area contributed by atoms with Gasteiger partial charge in [0.1, 0.15) is 18.9 Å². The van der Waals surface area contributed by atoms with E-state index in [0.29, 0.717) is 19.8 Å². The van der Waals surface area contributed by atoms with Crippen LogP contribution in [0.25, 0.3) is 10.9 Å². The Morgan fingerprint density at radius 3 is 2.83 bits per heavy atom. The predicted molar refractivity (Wildman–Crippen MR) is 114 cm³/mol. The SMILES string of the molecule is CC1(C)C[C@H](NC(=O)Cn2ccc3cc(OCc4ccccc4)ccc32)CCO1. The molecule has 2 heterocycles. The second-order valence-corrected chi connectivity index (χ2v) is 8.30. The van der Waals surface area contributed by atoms with Gasteiger partial charge in [-0.05, 0) is 56.5 Å². The van der Waals surface area contributed by atoms with Gasteiger partial charge in [-0.2, -0.15) is 0 Å². The van der Waals surface area contributed by atoms with E-state index in [1.807, 2.05) is 65.4 Å². The maximum atomic E-state index is 12.6. The normalized spacial score (nSPS) is 18.5. The monoisotopic (exact) mass is 392 g/mol. The van der Waals surface area contributed by atoms with Gasteiger partial charge < -0.3 is 19.4 Å². The molecule has 5 nitrogen and oxygen atoms in total. The van der Waals surface area contributed by atoms with E-state index in [1.165, 1.54) is 0 Å². The van der Waals surface area contributed by atoms with Crippen molar-refractivity contribution in [2.24, 2.45) is 0 Å². The summed E-state index contributed by atoms with van der Waals surface area (Å²) in [4.78, 5) is 12.6. The molecule has 4 rings (SSSR count). The van der Waals surface area contributed by atoms with Crippen molar-refractivity contribution in [2.75, 3.05) is 6.61 Å². The van der Waals surface area contributed by atoms with E-state index in [4.69, 9.17) is 9.47 Å². The standard InChI is InChI=1S/C24H28N2O3/c1-24(2)15-20(11-13-29-24)25-23(27)16-26-12-10-19-14-21(8-9-22(19)26)28-17-18-6-4-3-5-7-18/h3-10,12,14,20H,11,13,15-17H2,1-2H3,(H,25,27)/t20-/m1/s1. The highest BCUT2D eigenvalue weighted by Gasteiger charge is 2.29. The molecule has 1 saturated heterocycles. The van der Waals surface area contributed by atoms with Crippen LogP contribution in [0, 0.1) is 0 Å². The molecule has 0 saturated carbocycles. The van der Waals surface area contributed by atoms with E-state index < -0.39 is 0 Å². The maximum absolute atomic E-state index is 12.6. The van der Waals surface area contributed by atoms with Crippen LogP contribution in [-0.2, 0) is 22.7 Å². The summed E-state index contributed by atoms with van der Waals surface area (Å²) in [7, 11) is 0. The number of fused-ring (bicyclic) bond motifs is 1. The lowest BCUT2D eigenvalue weighted by Crippen LogP contribution is -2.46. The fourth-order valence-corrected chi connectivity index (χ4v) is 3.93. The van der Waals surface area contributed by atoms with Crippen LogP contribution in [0.2, 0.25) is 0 Å². The quantitative estimate of drug-likeness (QED) is 0.681. The molecular formula is C24H28N2O3. The summed E-state index contributed by atoms with van der Waals surface area (Å²) in [5, 5.41) is 4.23. The number of hydrogen-bond donors (Lipinski definition) is 1. The second-order valence-electron chi connectivity index (χ2n) is 8.30. The van der Waals surface area contributed by atoms with Crippen LogP contribution in [0.4, 0.5) is 0 Å². The number of benzene rings is 2. The first-order valence-electron chi connectivity index (χ1n) is 10.2. The highest BCUT2D eigenvalue weighted by Crippen LogP contribution is 2.25. The van der Waals surface area contributed by atoms with E-state index in [0.717, 1.165) is 35.1 Å². The number of carbonyl (C=O) groups is 1. The Morgan fingerprint density at radius 2 is 2.03 bits per heavy atom. The van der Waals surface area contributed by atoms with Gasteiger partial charge >= 0.3 is 0 Å². The van der Waals surface area contributed by atoms with Crippen molar-refractivity contribution in [3.05, 3.63) is 66.4 Å². The lowest BCUT2D eigenvalue weighted by molar-refractivity contribution is -0.124. The van der Waals surface area contributed by atoms with Crippen molar-refractivity contribution in [2.45, 2.75) is 51.5 Å². The molecule has 1 amide bonds. The van der Waals surface area contributed by atoms with E-state index in [1.54, 1.807) is 0 Å². The zero-order chi connectivity index (χ0) is 20.3. The Bertz CT molecular complexity index is 978. The van der Waals surface area contributed by atoms with Gasteiger partial charge in [0.05, 0.1) is 5.60 Å². The first-order chi connectivity index (χ1) is 14.0. The van der Waals surface area contributed by atoms with Gasteiger partial charge in [-0.25, -0.2) is 0 Å². The maximum Gasteiger partial charge on any atom is 0.240 e. The molecule has 0 spiro atoms. The molecule has 1 aliphatic rings. The molecule has 2 aromatic carbocycles. The van der Waals surface area contributed by atoms with Crippen molar-refractivity contribution in [3.63, 3.8) is 0 Å². The Morgan fingerprint density at radius 1 is 1.21 bits per heavy atom. The van der Waals surface area contributed by atoms with Gasteiger partial charge in [0, 0.05) is 29.7 Å². The Balaban J connectivity index is 1.38. The Hall–Kier alpha value is -2.79. The third-order valence-electron chi connectivity index (χ3n) is 5.37. The third-order valence-corrected chi connectivity index (χ3v) is 5.37. The molecule has 5 heteroatoms. The van der Waals surface area contributed by atoms with Crippen molar-refractivity contribution >= 4 is 16.8 Å². The van der Waals surface area contributed by atoms with Gasteiger partial charge in [-0.1, -0.05) is 30.3 Å². The molecule has 3 aromatic rings. The average Bonchev–Trinajstić information content (AvgIpc) is 3.08. The van der Waals surface area contributed by atoms with Crippen LogP contribution >= 0.6 is 0 Å². The van der Waals surface area contributed by atoms with E-state index in [9.17, 15) is 4.79 Å². The summed E-state index contributed by atoms with van der Waals surface area (Å²) in [6.45, 7) is 5.68. The number of aromatic nitrogens is 1. The van der Waals surface area contributed by atoms with Crippen molar-refractivity contribution < 1.29 is 14.3 Å². The molecule has 152 valence electrons. The molecular weight excluding hydrogens is 364 g/mol. The number of ether oxygens (including phenoxy) is 2. The van der Waals surface area contributed by atoms with Gasteiger partial charge in [0.15, 0.2) is 0 Å². The number of carbonyl (C=O) groups excluding carboxylic acids is 1. The Kier molecular flexibility index (Phi) is 5.58. The fraction of sp³-hybridized carbons (Fsp3) is 0.375. The summed E-state index contributed by atoms with van der Waals surface area (Å²) in [5.74, 6) is 0.864. The molecule has 0 unspecified atom stereocenters. The van der Waals surface area contributed by atoms with Crippen molar-refractivity contribution in [1.82, 2.24) is 9.88 Å². The minimum Gasteiger partial charge on any atom is -0.489 e. The van der Waals surface area contributed by atoms with E-state index in [2.05, 4.69) is 19.2 Å². The predicted octanol–water partition coefficient (Wildman–Crippen LogP) is 4.29. The smallest absolute Gasteiger partial charge is 0.240 e. The second kappa shape index (κ2) is 8.29. The number of nitrogens with zero attached hydrogens (tertiary/aromatic N) is 1. The third kappa shape index (κ3) is 4.98. The molecule has 0 bridgehead atoms. The topological polar surface area (TPSA) is 52.5 Å². The minimum atomic E-state index is -0.174. The van der Waals surface area contributed by atoms with Crippen LogP contribution in [0.3, 0.4) is 0 Å². The molecule has 1 aromatic heterocycles. The zero-order valence-corrected chi connectivity index (χ0v) is 17.1. The molecule has 0 radical (unpaired) electrons. The average molecular weight is 392 g/mol. The number of hydrogen-bond acceptors (Lipinski definition) is 3. The molecule has 1 N–H and O–H groups in total. The van der Waals surface area contributed by atoms with Gasteiger partial charge in [0.2, 0.25) is 5.91 Å². The van der Waals surface area contributed by atoms with Crippen LogP contribution in [0.5, 0.6) is 5.75 Å². The first kappa shape index (κ1) is 19.5. The number of amides is 1. The highest BCUT2D eigenvalue weighted by atomic mass is 16.5. The molecule has 0 aliphatic carbocycles. The summed E-state index contributed by atoms with van der Waals surface area (Å²) in [5.41, 5.74) is 1.99. The summed E-state index contributed by atoms with van der Waals surface area (Å²) < 4.78 is 13.6. The van der Waals surface area contributed by atoms with Gasteiger partial charge in [-0.3, -0.25) is 4.79 Å². The molecule has 29 heavy (non-hydrogen) atoms.